The number of rotatable bonds is 10. The summed E-state index contributed by atoms with van der Waals surface area (Å²) < 4.78 is 18.0. The first-order valence-corrected chi connectivity index (χ1v) is 14.0. The van der Waals surface area contributed by atoms with Gasteiger partial charge in [0.1, 0.15) is 0 Å². The molecule has 3 aromatic rings. The highest BCUT2D eigenvalue weighted by Crippen LogP contribution is 2.48. The van der Waals surface area contributed by atoms with E-state index in [1.54, 1.807) is 39.5 Å². The van der Waals surface area contributed by atoms with Crippen LogP contribution in [0.2, 0.25) is 5.02 Å². The molecule has 0 spiro atoms. The molecular weight excluding hydrogens is 516 g/mol. The zero-order valence-corrected chi connectivity index (χ0v) is 24.9. The minimum absolute atomic E-state index is 0.0306. The zero-order chi connectivity index (χ0) is 28.5. The molecule has 7 nitrogen and oxygen atoms in total. The summed E-state index contributed by atoms with van der Waals surface area (Å²) in [5, 5.41) is 12.4. The Hall–Kier alpha value is -2.90. The standard InChI is InChI=1S/C31H41ClN2O5/c1-8-33(9-2)18-31(3,4)17-21-12-19(20-14-26(37-5)30(39-7)27(15-20)38-6)13-25-28(21)29(35)23-16-22(32)10-11-24(23)34(25)36/h10-11,14-16,19,21,36H,8-9,12-13,17-18H2,1-7H3. The van der Waals surface area contributed by atoms with Crippen LogP contribution in [0.3, 0.4) is 0 Å². The van der Waals surface area contributed by atoms with Crippen LogP contribution in [0.1, 0.15) is 69.2 Å². The average molecular weight is 557 g/mol. The molecule has 212 valence electrons. The largest absolute Gasteiger partial charge is 0.493 e. The van der Waals surface area contributed by atoms with Crippen molar-refractivity contribution in [2.45, 2.75) is 58.8 Å². The van der Waals surface area contributed by atoms with E-state index in [4.69, 9.17) is 25.8 Å². The third-order valence-corrected chi connectivity index (χ3v) is 8.40. The zero-order valence-electron chi connectivity index (χ0n) is 24.1. The van der Waals surface area contributed by atoms with E-state index in [2.05, 4.69) is 32.6 Å². The average Bonchev–Trinajstić information content (AvgIpc) is 2.93. The van der Waals surface area contributed by atoms with Crippen LogP contribution in [0, 0.1) is 5.41 Å². The quantitative estimate of drug-likeness (QED) is 0.288. The monoisotopic (exact) mass is 556 g/mol. The number of halogens is 1. The van der Waals surface area contributed by atoms with Gasteiger partial charge in [-0.3, -0.25) is 4.79 Å². The van der Waals surface area contributed by atoms with Crippen molar-refractivity contribution in [3.05, 3.63) is 62.4 Å². The lowest BCUT2D eigenvalue weighted by Crippen LogP contribution is -2.37. The number of aromatic nitrogens is 1. The third-order valence-electron chi connectivity index (χ3n) is 8.16. The summed E-state index contributed by atoms with van der Waals surface area (Å²) in [6.07, 6.45) is 2.07. The van der Waals surface area contributed by atoms with Crippen LogP contribution in [0.5, 0.6) is 17.2 Å². The van der Waals surface area contributed by atoms with E-state index >= 15 is 0 Å². The number of fused-ring (bicyclic) bond motifs is 2. The molecule has 0 amide bonds. The van der Waals surface area contributed by atoms with Gasteiger partial charge in [-0.2, -0.15) is 4.73 Å². The van der Waals surface area contributed by atoms with Gasteiger partial charge >= 0.3 is 0 Å². The van der Waals surface area contributed by atoms with Gasteiger partial charge in [0.15, 0.2) is 16.9 Å². The Kier molecular flexibility index (Phi) is 8.72. The van der Waals surface area contributed by atoms with Crippen molar-refractivity contribution in [3.8, 4) is 17.2 Å². The van der Waals surface area contributed by atoms with Crippen molar-refractivity contribution in [2.24, 2.45) is 5.41 Å². The maximum Gasteiger partial charge on any atom is 0.203 e. The number of methoxy groups -OCH3 is 3. The molecule has 8 heteroatoms. The fourth-order valence-electron chi connectivity index (χ4n) is 6.37. The van der Waals surface area contributed by atoms with Gasteiger partial charge in [-0.1, -0.05) is 39.3 Å². The maximum atomic E-state index is 14.0. The SMILES string of the molecule is CCN(CC)CC(C)(C)CC1CC(c2cc(OC)c(OC)c(OC)c2)Cc2c1c(=O)c1cc(Cl)ccc1n2O. The van der Waals surface area contributed by atoms with Crippen molar-refractivity contribution in [1.82, 2.24) is 9.63 Å². The molecule has 2 atom stereocenters. The van der Waals surface area contributed by atoms with Crippen LogP contribution in [0.25, 0.3) is 10.9 Å². The summed E-state index contributed by atoms with van der Waals surface area (Å²) in [5.74, 6) is 1.69. The van der Waals surface area contributed by atoms with E-state index in [0.29, 0.717) is 50.9 Å². The van der Waals surface area contributed by atoms with Gasteiger partial charge in [-0.25, -0.2) is 0 Å². The highest BCUT2D eigenvalue weighted by atomic mass is 35.5. The predicted octanol–water partition coefficient (Wildman–Crippen LogP) is 6.49. The Morgan fingerprint density at radius 2 is 1.69 bits per heavy atom. The molecule has 1 aromatic heterocycles. The van der Waals surface area contributed by atoms with Crippen LogP contribution in [0.4, 0.5) is 0 Å². The van der Waals surface area contributed by atoms with Gasteiger partial charge in [0.05, 0.1) is 37.9 Å². The molecular formula is C31H41ClN2O5. The summed E-state index contributed by atoms with van der Waals surface area (Å²) in [4.78, 5) is 16.4. The number of nitrogens with zero attached hydrogens (tertiary/aromatic N) is 2. The summed E-state index contributed by atoms with van der Waals surface area (Å²) >= 11 is 6.27. The number of benzene rings is 2. The van der Waals surface area contributed by atoms with Crippen molar-refractivity contribution < 1.29 is 19.4 Å². The Bertz CT molecular complexity index is 1370. The second-order valence-corrected chi connectivity index (χ2v) is 11.7. The molecule has 1 N–H and O–H groups in total. The summed E-state index contributed by atoms with van der Waals surface area (Å²) in [7, 11) is 4.81. The summed E-state index contributed by atoms with van der Waals surface area (Å²) in [6.45, 7) is 11.8. The van der Waals surface area contributed by atoms with E-state index in [9.17, 15) is 10.0 Å². The van der Waals surface area contributed by atoms with Crippen LogP contribution in [0.15, 0.2) is 35.1 Å². The Morgan fingerprint density at radius 1 is 1.05 bits per heavy atom. The lowest BCUT2D eigenvalue weighted by molar-refractivity contribution is 0.159. The fraction of sp³-hybridized carbons (Fsp3) is 0.516. The van der Waals surface area contributed by atoms with E-state index in [0.717, 1.165) is 38.0 Å². The summed E-state index contributed by atoms with van der Waals surface area (Å²) in [6, 6.07) is 9.04. The van der Waals surface area contributed by atoms with Gasteiger partial charge in [-0.15, -0.1) is 0 Å². The van der Waals surface area contributed by atoms with E-state index in [1.165, 1.54) is 4.73 Å². The van der Waals surface area contributed by atoms with Gasteiger partial charge in [-0.05, 0) is 85.5 Å². The van der Waals surface area contributed by atoms with Crippen LogP contribution in [-0.2, 0) is 6.42 Å². The molecule has 4 rings (SSSR count). The van der Waals surface area contributed by atoms with Gasteiger partial charge < -0.3 is 24.3 Å². The number of hydrogen-bond acceptors (Lipinski definition) is 6. The first-order chi connectivity index (χ1) is 18.6. The molecule has 1 aliphatic rings. The first kappa shape index (κ1) is 29.1. The molecule has 1 aliphatic carbocycles. The molecule has 2 unspecified atom stereocenters. The number of ether oxygens (including phenoxy) is 3. The molecule has 0 radical (unpaired) electrons. The van der Waals surface area contributed by atoms with Crippen molar-refractivity contribution in [3.63, 3.8) is 0 Å². The van der Waals surface area contributed by atoms with E-state index in [1.807, 2.05) is 12.1 Å². The predicted molar refractivity (Wildman–Crippen MR) is 156 cm³/mol. The lowest BCUT2D eigenvalue weighted by Gasteiger charge is -2.39. The number of pyridine rings is 1. The van der Waals surface area contributed by atoms with Crippen LogP contribution in [-0.4, -0.2) is 55.8 Å². The molecule has 0 saturated carbocycles. The highest BCUT2D eigenvalue weighted by molar-refractivity contribution is 6.31. The number of hydrogen-bond donors (Lipinski definition) is 1. The molecule has 39 heavy (non-hydrogen) atoms. The highest BCUT2D eigenvalue weighted by Gasteiger charge is 2.37. The van der Waals surface area contributed by atoms with Crippen molar-refractivity contribution >= 4 is 22.5 Å². The minimum Gasteiger partial charge on any atom is -0.493 e. The Balaban J connectivity index is 1.88. The van der Waals surface area contributed by atoms with Gasteiger partial charge in [0.2, 0.25) is 5.75 Å². The molecule has 0 fully saturated rings. The molecule has 1 heterocycles. The van der Waals surface area contributed by atoms with Gasteiger partial charge in [0.25, 0.3) is 0 Å². The second-order valence-electron chi connectivity index (χ2n) is 11.3. The summed E-state index contributed by atoms with van der Waals surface area (Å²) in [5.41, 5.74) is 2.74. The lowest BCUT2D eigenvalue weighted by atomic mass is 9.69. The molecule has 2 aromatic carbocycles. The van der Waals surface area contributed by atoms with Gasteiger partial charge in [0, 0.05) is 17.1 Å². The van der Waals surface area contributed by atoms with Crippen LogP contribution < -0.4 is 19.6 Å². The van der Waals surface area contributed by atoms with Crippen LogP contribution >= 0.6 is 11.6 Å². The first-order valence-electron chi connectivity index (χ1n) is 13.7. The molecule has 0 bridgehead atoms. The molecule has 0 saturated heterocycles. The van der Waals surface area contributed by atoms with E-state index < -0.39 is 0 Å². The second kappa shape index (κ2) is 11.7. The Morgan fingerprint density at radius 3 is 2.26 bits per heavy atom. The van der Waals surface area contributed by atoms with Crippen molar-refractivity contribution in [1.29, 1.82) is 0 Å². The smallest absolute Gasteiger partial charge is 0.203 e. The maximum absolute atomic E-state index is 14.0. The normalized spacial score (nSPS) is 17.4. The molecule has 0 aliphatic heterocycles. The Labute approximate surface area is 236 Å². The van der Waals surface area contributed by atoms with Crippen molar-refractivity contribution in [2.75, 3.05) is 41.0 Å². The fourth-order valence-corrected chi connectivity index (χ4v) is 6.54. The minimum atomic E-state index is -0.0577. The topological polar surface area (TPSA) is 73.2 Å². The van der Waals surface area contributed by atoms with E-state index in [-0.39, 0.29) is 22.7 Å². The third kappa shape index (κ3) is 5.71.